The Bertz CT molecular complexity index is 1230. The van der Waals surface area contributed by atoms with Gasteiger partial charge in [0.15, 0.2) is 5.75 Å². The van der Waals surface area contributed by atoms with Gasteiger partial charge in [-0.25, -0.2) is 0 Å². The summed E-state index contributed by atoms with van der Waals surface area (Å²) in [5.74, 6) is 0.603. The minimum Gasteiger partial charge on any atom is -0.489 e. The van der Waals surface area contributed by atoms with Crippen molar-refractivity contribution in [3.63, 3.8) is 0 Å². The highest BCUT2D eigenvalue weighted by molar-refractivity contribution is 9.10. The van der Waals surface area contributed by atoms with Gasteiger partial charge in [0, 0.05) is 26.4 Å². The van der Waals surface area contributed by atoms with Crippen molar-refractivity contribution in [1.82, 2.24) is 9.47 Å². The van der Waals surface area contributed by atoms with Gasteiger partial charge in [0.25, 0.3) is 5.91 Å². The minimum atomic E-state index is -0.110. The average Bonchev–Trinajstić information content (AvgIpc) is 3.07. The van der Waals surface area contributed by atoms with Crippen LogP contribution in [0.1, 0.15) is 10.4 Å². The molecule has 4 aromatic rings. The average molecular weight is 542 g/mol. The third kappa shape index (κ3) is 4.47. The number of aromatic nitrogens is 1. The zero-order valence-corrected chi connectivity index (χ0v) is 20.5. The monoisotopic (exact) mass is 540 g/mol. The molecule has 0 radical (unpaired) electrons. The van der Waals surface area contributed by atoms with E-state index in [-0.39, 0.29) is 5.91 Å². The number of fused-ring (bicyclic) bond motifs is 1. The van der Waals surface area contributed by atoms with E-state index >= 15 is 0 Å². The first-order chi connectivity index (χ1) is 15.0. The molecule has 4 rings (SSSR count). The Labute approximate surface area is 198 Å². The van der Waals surface area contributed by atoms with E-state index in [2.05, 4.69) is 36.8 Å². The van der Waals surface area contributed by atoms with Crippen LogP contribution in [0.4, 0.5) is 0 Å². The van der Waals surface area contributed by atoms with Gasteiger partial charge >= 0.3 is 0 Å². The van der Waals surface area contributed by atoms with Crippen LogP contribution in [0.5, 0.6) is 5.75 Å². The van der Waals surface area contributed by atoms with Crippen LogP contribution < -0.4 is 4.74 Å². The van der Waals surface area contributed by atoms with Gasteiger partial charge in [-0.15, -0.1) is 0 Å². The molecule has 4 nitrogen and oxygen atoms in total. The van der Waals surface area contributed by atoms with Gasteiger partial charge in [-0.05, 0) is 60.4 Å². The summed E-state index contributed by atoms with van der Waals surface area (Å²) in [6.45, 7) is 1.29. The molecule has 0 aliphatic heterocycles. The van der Waals surface area contributed by atoms with Crippen molar-refractivity contribution in [2.45, 2.75) is 0 Å². The van der Waals surface area contributed by atoms with E-state index in [1.54, 1.807) is 4.57 Å². The molecule has 0 aliphatic carbocycles. The van der Waals surface area contributed by atoms with Gasteiger partial charge in [0.05, 0.1) is 16.8 Å². The van der Waals surface area contributed by atoms with Crippen LogP contribution in [0.15, 0.2) is 81.7 Å². The smallest absolute Gasteiger partial charge is 0.264 e. The largest absolute Gasteiger partial charge is 0.489 e. The first-order valence-electron chi connectivity index (χ1n) is 9.93. The van der Waals surface area contributed by atoms with Crippen molar-refractivity contribution in [2.24, 2.45) is 0 Å². The molecule has 1 aromatic heterocycles. The molecule has 1 heterocycles. The van der Waals surface area contributed by atoms with E-state index in [9.17, 15) is 4.79 Å². The van der Waals surface area contributed by atoms with E-state index < -0.39 is 0 Å². The van der Waals surface area contributed by atoms with Gasteiger partial charge in [-0.3, -0.25) is 9.36 Å². The topological polar surface area (TPSA) is 34.5 Å². The fraction of sp³-hybridized carbons (Fsp3) is 0.160. The second-order valence-electron chi connectivity index (χ2n) is 7.48. The number of carbonyl (C=O) groups excluding carboxylic acids is 1. The lowest BCUT2D eigenvalue weighted by molar-refractivity contribution is 0.0965. The van der Waals surface area contributed by atoms with E-state index in [1.807, 2.05) is 86.9 Å². The quantitative estimate of drug-likeness (QED) is 0.281. The SMILES string of the molecule is CN(C)CCOc1c(-c2ccccc2)n(C(=O)c2ccccc2Br)c2ccc(Br)cc12. The van der Waals surface area contributed by atoms with Gasteiger partial charge in [0.1, 0.15) is 6.61 Å². The summed E-state index contributed by atoms with van der Waals surface area (Å²) in [5, 5.41) is 0.896. The summed E-state index contributed by atoms with van der Waals surface area (Å²) in [6.07, 6.45) is 0. The molecule has 0 bridgehead atoms. The summed E-state index contributed by atoms with van der Waals surface area (Å²) >= 11 is 7.11. The molecule has 3 aromatic carbocycles. The molecule has 0 saturated carbocycles. The Morgan fingerprint density at radius 3 is 2.39 bits per heavy atom. The van der Waals surface area contributed by atoms with Crippen LogP contribution in [-0.2, 0) is 0 Å². The molecule has 0 amide bonds. The fourth-order valence-electron chi connectivity index (χ4n) is 3.53. The van der Waals surface area contributed by atoms with E-state index in [1.165, 1.54) is 0 Å². The molecule has 158 valence electrons. The highest BCUT2D eigenvalue weighted by Crippen LogP contribution is 2.42. The lowest BCUT2D eigenvalue weighted by Crippen LogP contribution is -2.19. The van der Waals surface area contributed by atoms with Crippen LogP contribution >= 0.6 is 31.9 Å². The number of carbonyl (C=O) groups is 1. The molecule has 0 aliphatic rings. The summed E-state index contributed by atoms with van der Waals surface area (Å²) in [7, 11) is 4.02. The second kappa shape index (κ2) is 9.39. The molecular formula is C25H22Br2N2O2. The Morgan fingerprint density at radius 1 is 0.968 bits per heavy atom. The molecule has 0 spiro atoms. The summed E-state index contributed by atoms with van der Waals surface area (Å²) in [6, 6.07) is 23.3. The highest BCUT2D eigenvalue weighted by Gasteiger charge is 2.26. The molecule has 0 atom stereocenters. The number of rotatable bonds is 6. The van der Waals surface area contributed by atoms with Gasteiger partial charge < -0.3 is 9.64 Å². The Balaban J connectivity index is 2.00. The van der Waals surface area contributed by atoms with E-state index in [4.69, 9.17) is 4.74 Å². The Kier molecular flexibility index (Phi) is 6.60. The molecule has 0 saturated heterocycles. The Hall–Kier alpha value is -2.41. The molecular weight excluding hydrogens is 520 g/mol. The third-order valence-electron chi connectivity index (χ3n) is 5.02. The molecule has 31 heavy (non-hydrogen) atoms. The number of nitrogens with zero attached hydrogens (tertiary/aromatic N) is 2. The Morgan fingerprint density at radius 2 is 1.68 bits per heavy atom. The predicted molar refractivity (Wildman–Crippen MR) is 133 cm³/mol. The third-order valence-corrected chi connectivity index (χ3v) is 6.21. The molecule has 0 N–H and O–H groups in total. The van der Waals surface area contributed by atoms with E-state index in [0.717, 1.165) is 37.7 Å². The normalized spacial score (nSPS) is 11.3. The first kappa shape index (κ1) is 21.8. The van der Waals surface area contributed by atoms with Crippen molar-refractivity contribution >= 4 is 48.7 Å². The maximum absolute atomic E-state index is 13.8. The predicted octanol–water partition coefficient (Wildman–Crippen LogP) is 6.46. The number of halogens is 2. The van der Waals surface area contributed by atoms with Crippen LogP contribution in [0, 0.1) is 0 Å². The number of benzene rings is 3. The van der Waals surface area contributed by atoms with Gasteiger partial charge in [0.2, 0.25) is 0 Å². The maximum Gasteiger partial charge on any atom is 0.264 e. The van der Waals surface area contributed by atoms with Crippen LogP contribution in [0.3, 0.4) is 0 Å². The number of hydrogen-bond acceptors (Lipinski definition) is 3. The zero-order chi connectivity index (χ0) is 22.0. The fourth-order valence-corrected chi connectivity index (χ4v) is 4.35. The molecule has 0 unspecified atom stereocenters. The first-order valence-corrected chi connectivity index (χ1v) is 11.5. The summed E-state index contributed by atoms with van der Waals surface area (Å²) < 4.78 is 9.78. The van der Waals surface area contributed by atoms with Crippen LogP contribution in [-0.4, -0.2) is 42.6 Å². The van der Waals surface area contributed by atoms with Crippen LogP contribution in [0.25, 0.3) is 22.2 Å². The highest BCUT2D eigenvalue weighted by atomic mass is 79.9. The molecule has 6 heteroatoms. The zero-order valence-electron chi connectivity index (χ0n) is 17.3. The maximum atomic E-state index is 13.8. The van der Waals surface area contributed by atoms with Crippen LogP contribution in [0.2, 0.25) is 0 Å². The lowest BCUT2D eigenvalue weighted by atomic mass is 10.1. The standard InChI is InChI=1S/C25H22Br2N2O2/c1-28(2)14-15-31-24-20-16-18(26)12-13-22(20)29(23(24)17-8-4-3-5-9-17)25(30)19-10-6-7-11-21(19)27/h3-13,16H,14-15H2,1-2H3. The second-order valence-corrected chi connectivity index (χ2v) is 9.25. The van der Waals surface area contributed by atoms with Crippen molar-refractivity contribution in [1.29, 1.82) is 0 Å². The lowest BCUT2D eigenvalue weighted by Gasteiger charge is -2.14. The summed E-state index contributed by atoms with van der Waals surface area (Å²) in [4.78, 5) is 15.9. The van der Waals surface area contributed by atoms with E-state index in [0.29, 0.717) is 17.9 Å². The van der Waals surface area contributed by atoms with Crippen molar-refractivity contribution in [3.8, 4) is 17.0 Å². The minimum absolute atomic E-state index is 0.110. The number of hydrogen-bond donors (Lipinski definition) is 0. The summed E-state index contributed by atoms with van der Waals surface area (Å²) in [5.41, 5.74) is 3.09. The van der Waals surface area contributed by atoms with Crippen molar-refractivity contribution in [2.75, 3.05) is 27.2 Å². The number of likely N-dealkylation sites (N-methyl/N-ethyl adjacent to an activating group) is 1. The van der Waals surface area contributed by atoms with Gasteiger partial charge in [-0.1, -0.05) is 58.4 Å². The number of ether oxygens (including phenoxy) is 1. The van der Waals surface area contributed by atoms with Gasteiger partial charge in [-0.2, -0.15) is 0 Å². The van der Waals surface area contributed by atoms with Crippen molar-refractivity contribution in [3.05, 3.63) is 87.3 Å². The van der Waals surface area contributed by atoms with Crippen molar-refractivity contribution < 1.29 is 9.53 Å². The molecule has 0 fully saturated rings.